The molecule has 2 nitrogen and oxygen atoms in total. The molecule has 3 rings (SSSR count). The van der Waals surface area contributed by atoms with Crippen LogP contribution in [0.4, 0.5) is 0 Å². The number of rotatable bonds is 2. The summed E-state index contributed by atoms with van der Waals surface area (Å²) in [5.41, 5.74) is 1.30. The average molecular weight is 257 g/mol. The highest BCUT2D eigenvalue weighted by Gasteiger charge is 2.29. The van der Waals surface area contributed by atoms with Crippen LogP contribution >= 0.6 is 22.9 Å². The van der Waals surface area contributed by atoms with Crippen molar-refractivity contribution in [3.8, 4) is 0 Å². The van der Waals surface area contributed by atoms with Crippen molar-refractivity contribution >= 4 is 22.9 Å². The van der Waals surface area contributed by atoms with E-state index in [1.54, 1.807) is 11.3 Å². The second-order valence-electron chi connectivity index (χ2n) is 4.88. The standard InChI is InChI=1S/C12H17ClN2S/c13-12-9(4-6-16-12)7-15-5-3-10-1-2-11(8-15)14-10/h4,6,10-11,14H,1-3,5,7-8H2. The molecule has 16 heavy (non-hydrogen) atoms. The maximum Gasteiger partial charge on any atom is 0.0973 e. The second-order valence-corrected chi connectivity index (χ2v) is 6.40. The fraction of sp³-hybridized carbons (Fsp3) is 0.667. The van der Waals surface area contributed by atoms with Crippen LogP contribution in [0.3, 0.4) is 0 Å². The van der Waals surface area contributed by atoms with E-state index in [1.165, 1.54) is 37.9 Å². The second kappa shape index (κ2) is 4.65. The Morgan fingerprint density at radius 3 is 3.06 bits per heavy atom. The van der Waals surface area contributed by atoms with Gasteiger partial charge in [0.25, 0.3) is 0 Å². The highest BCUT2D eigenvalue weighted by atomic mass is 35.5. The first-order valence-corrected chi connectivity index (χ1v) is 7.27. The van der Waals surface area contributed by atoms with Gasteiger partial charge >= 0.3 is 0 Å². The van der Waals surface area contributed by atoms with Crippen LogP contribution in [0.2, 0.25) is 4.34 Å². The maximum absolute atomic E-state index is 6.16. The first-order chi connectivity index (χ1) is 7.81. The molecule has 0 saturated carbocycles. The lowest BCUT2D eigenvalue weighted by atomic mass is 10.1. The zero-order valence-corrected chi connectivity index (χ0v) is 10.9. The number of hydrogen-bond donors (Lipinski definition) is 1. The molecular weight excluding hydrogens is 240 g/mol. The molecule has 2 saturated heterocycles. The van der Waals surface area contributed by atoms with Gasteiger partial charge in [0, 0.05) is 31.7 Å². The van der Waals surface area contributed by atoms with Gasteiger partial charge in [-0.15, -0.1) is 11.3 Å². The van der Waals surface area contributed by atoms with Gasteiger partial charge in [-0.25, -0.2) is 0 Å². The third kappa shape index (κ3) is 2.28. The van der Waals surface area contributed by atoms with E-state index in [4.69, 9.17) is 11.6 Å². The van der Waals surface area contributed by atoms with Gasteiger partial charge in [-0.3, -0.25) is 4.90 Å². The Kier molecular flexibility index (Phi) is 3.20. The summed E-state index contributed by atoms with van der Waals surface area (Å²) < 4.78 is 0.961. The van der Waals surface area contributed by atoms with Crippen molar-refractivity contribution in [2.24, 2.45) is 0 Å². The van der Waals surface area contributed by atoms with Crippen molar-refractivity contribution in [3.05, 3.63) is 21.3 Å². The molecule has 0 spiro atoms. The first kappa shape index (κ1) is 11.0. The maximum atomic E-state index is 6.16. The normalized spacial score (nSPS) is 30.6. The minimum absolute atomic E-state index is 0.713. The SMILES string of the molecule is Clc1sccc1CN1CCC2CCC(C1)N2. The number of nitrogens with one attached hydrogen (secondary N) is 1. The number of halogens is 1. The Hall–Kier alpha value is -0.0900. The molecule has 2 bridgehead atoms. The summed E-state index contributed by atoms with van der Waals surface area (Å²) in [4.78, 5) is 2.55. The molecule has 2 aliphatic rings. The van der Waals surface area contributed by atoms with Gasteiger partial charge in [0.1, 0.15) is 0 Å². The zero-order chi connectivity index (χ0) is 11.0. The summed E-state index contributed by atoms with van der Waals surface area (Å²) in [6.07, 6.45) is 4.01. The Balaban J connectivity index is 1.65. The van der Waals surface area contributed by atoms with Crippen LogP contribution in [0, 0.1) is 0 Å². The number of hydrogen-bond acceptors (Lipinski definition) is 3. The summed E-state index contributed by atoms with van der Waals surface area (Å²) >= 11 is 7.79. The Morgan fingerprint density at radius 1 is 1.38 bits per heavy atom. The lowest BCUT2D eigenvalue weighted by Gasteiger charge is -2.23. The van der Waals surface area contributed by atoms with E-state index < -0.39 is 0 Å². The van der Waals surface area contributed by atoms with Gasteiger partial charge in [0.15, 0.2) is 0 Å². The van der Waals surface area contributed by atoms with Crippen molar-refractivity contribution < 1.29 is 0 Å². The molecule has 0 radical (unpaired) electrons. The molecule has 1 aromatic rings. The predicted molar refractivity (Wildman–Crippen MR) is 69.2 cm³/mol. The molecule has 3 heterocycles. The minimum atomic E-state index is 0.713. The monoisotopic (exact) mass is 256 g/mol. The van der Waals surface area contributed by atoms with Crippen molar-refractivity contribution in [2.75, 3.05) is 13.1 Å². The summed E-state index contributed by atoms with van der Waals surface area (Å²) in [7, 11) is 0. The van der Waals surface area contributed by atoms with Gasteiger partial charge in [0.2, 0.25) is 0 Å². The highest BCUT2D eigenvalue weighted by Crippen LogP contribution is 2.26. The first-order valence-electron chi connectivity index (χ1n) is 6.01. The van der Waals surface area contributed by atoms with Crippen LogP contribution in [0.25, 0.3) is 0 Å². The van der Waals surface area contributed by atoms with Gasteiger partial charge < -0.3 is 5.32 Å². The molecule has 2 unspecified atom stereocenters. The molecule has 4 heteroatoms. The number of nitrogens with zero attached hydrogens (tertiary/aromatic N) is 1. The molecule has 1 aromatic heterocycles. The molecule has 1 N–H and O–H groups in total. The van der Waals surface area contributed by atoms with E-state index in [9.17, 15) is 0 Å². The molecule has 88 valence electrons. The minimum Gasteiger partial charge on any atom is -0.310 e. The van der Waals surface area contributed by atoms with E-state index in [0.717, 1.165) is 16.9 Å². The van der Waals surface area contributed by atoms with E-state index >= 15 is 0 Å². The van der Waals surface area contributed by atoms with Crippen molar-refractivity contribution in [2.45, 2.75) is 37.9 Å². The molecule has 0 amide bonds. The fourth-order valence-corrected chi connectivity index (χ4v) is 3.74. The molecule has 0 aliphatic carbocycles. The summed E-state index contributed by atoms with van der Waals surface area (Å²) in [5.74, 6) is 0. The summed E-state index contributed by atoms with van der Waals surface area (Å²) in [6.45, 7) is 3.41. The highest BCUT2D eigenvalue weighted by molar-refractivity contribution is 7.14. The van der Waals surface area contributed by atoms with E-state index in [2.05, 4.69) is 21.7 Å². The molecule has 2 atom stereocenters. The Morgan fingerprint density at radius 2 is 2.25 bits per heavy atom. The predicted octanol–water partition coefficient (Wildman–Crippen LogP) is 2.73. The van der Waals surface area contributed by atoms with Crippen LogP contribution in [0.1, 0.15) is 24.8 Å². The van der Waals surface area contributed by atoms with E-state index in [0.29, 0.717) is 6.04 Å². The average Bonchev–Trinajstić information content (AvgIpc) is 2.78. The Labute approximate surface area is 106 Å². The van der Waals surface area contributed by atoms with Gasteiger partial charge in [0.05, 0.1) is 4.34 Å². The zero-order valence-electron chi connectivity index (χ0n) is 9.29. The van der Waals surface area contributed by atoms with Gasteiger partial charge in [-0.2, -0.15) is 0 Å². The quantitative estimate of drug-likeness (QED) is 0.875. The van der Waals surface area contributed by atoms with Crippen LogP contribution < -0.4 is 5.32 Å². The Bertz CT molecular complexity index is 366. The van der Waals surface area contributed by atoms with Crippen molar-refractivity contribution in [1.82, 2.24) is 10.2 Å². The largest absolute Gasteiger partial charge is 0.310 e. The van der Waals surface area contributed by atoms with Gasteiger partial charge in [-0.1, -0.05) is 11.6 Å². The van der Waals surface area contributed by atoms with Crippen molar-refractivity contribution in [3.63, 3.8) is 0 Å². The summed E-state index contributed by atoms with van der Waals surface area (Å²) in [5, 5.41) is 5.79. The third-order valence-electron chi connectivity index (χ3n) is 3.69. The molecule has 2 aliphatic heterocycles. The number of thiophene rings is 1. The fourth-order valence-electron chi connectivity index (χ4n) is 2.83. The van der Waals surface area contributed by atoms with Crippen LogP contribution in [-0.2, 0) is 6.54 Å². The van der Waals surface area contributed by atoms with Crippen molar-refractivity contribution in [1.29, 1.82) is 0 Å². The van der Waals surface area contributed by atoms with Crippen LogP contribution in [0.15, 0.2) is 11.4 Å². The van der Waals surface area contributed by atoms with Crippen LogP contribution in [-0.4, -0.2) is 30.1 Å². The van der Waals surface area contributed by atoms with E-state index in [1.807, 2.05) is 0 Å². The van der Waals surface area contributed by atoms with Crippen LogP contribution in [0.5, 0.6) is 0 Å². The third-order valence-corrected chi connectivity index (χ3v) is 4.95. The smallest absolute Gasteiger partial charge is 0.0973 e. The number of fused-ring (bicyclic) bond motifs is 2. The lowest BCUT2D eigenvalue weighted by molar-refractivity contribution is 0.251. The summed E-state index contributed by atoms with van der Waals surface area (Å²) in [6, 6.07) is 3.64. The number of likely N-dealkylation sites (tertiary alicyclic amines) is 1. The lowest BCUT2D eigenvalue weighted by Crippen LogP contribution is -2.34. The molecular formula is C12H17ClN2S. The van der Waals surface area contributed by atoms with Gasteiger partial charge in [-0.05, 0) is 36.3 Å². The van der Waals surface area contributed by atoms with E-state index in [-0.39, 0.29) is 0 Å². The molecule has 2 fully saturated rings. The molecule has 0 aromatic carbocycles. The topological polar surface area (TPSA) is 15.3 Å².